The number of rotatable bonds is 11. The van der Waals surface area contributed by atoms with E-state index in [1.165, 1.54) is 57.5 Å². The van der Waals surface area contributed by atoms with E-state index in [0.29, 0.717) is 0 Å². The Bertz CT molecular complexity index is 591. The van der Waals surface area contributed by atoms with Crippen LogP contribution in [0.3, 0.4) is 0 Å². The van der Waals surface area contributed by atoms with Gasteiger partial charge in [-0.15, -0.1) is 0 Å². The molecule has 0 saturated carbocycles. The van der Waals surface area contributed by atoms with Gasteiger partial charge in [0.15, 0.2) is 0 Å². The third-order valence-electron chi connectivity index (χ3n) is 5.31. The molecule has 0 amide bonds. The average Bonchev–Trinajstić information content (AvgIpc) is 2.68. The molecule has 0 radical (unpaired) electrons. The summed E-state index contributed by atoms with van der Waals surface area (Å²) >= 11 is -2.49. The molecule has 2 heterocycles. The predicted molar refractivity (Wildman–Crippen MR) is 112 cm³/mol. The molecular formula is C22H34N2Sn. The van der Waals surface area contributed by atoms with E-state index in [1.807, 2.05) is 18.5 Å². The second-order valence-electron chi connectivity index (χ2n) is 7.21. The fraction of sp³-hybridized carbons (Fsp3) is 0.545. The van der Waals surface area contributed by atoms with Gasteiger partial charge >= 0.3 is 159 Å². The molecule has 2 nitrogen and oxygen atoms in total. The van der Waals surface area contributed by atoms with Crippen LogP contribution < -0.4 is 3.58 Å². The fourth-order valence-corrected chi connectivity index (χ4v) is 20.4. The van der Waals surface area contributed by atoms with E-state index < -0.39 is 18.4 Å². The van der Waals surface area contributed by atoms with Crippen LogP contribution in [0.5, 0.6) is 0 Å². The van der Waals surface area contributed by atoms with E-state index in [9.17, 15) is 0 Å². The molecule has 0 N–H and O–H groups in total. The van der Waals surface area contributed by atoms with Crippen molar-refractivity contribution in [2.75, 3.05) is 0 Å². The summed E-state index contributed by atoms with van der Waals surface area (Å²) in [5.74, 6) is 0. The van der Waals surface area contributed by atoms with Crippen LogP contribution in [0.15, 0.2) is 42.7 Å². The van der Waals surface area contributed by atoms with Gasteiger partial charge < -0.3 is 0 Å². The topological polar surface area (TPSA) is 25.8 Å². The minimum absolute atomic E-state index is 1.06. The van der Waals surface area contributed by atoms with E-state index in [1.54, 1.807) is 3.58 Å². The monoisotopic (exact) mass is 446 g/mol. The second-order valence-corrected chi connectivity index (χ2v) is 20.3. The van der Waals surface area contributed by atoms with Crippen LogP contribution in [-0.4, -0.2) is 28.3 Å². The molecule has 0 unspecified atom stereocenters. The summed E-state index contributed by atoms with van der Waals surface area (Å²) in [7, 11) is 0. The third kappa shape index (κ3) is 5.54. The molecule has 2 aromatic rings. The summed E-state index contributed by atoms with van der Waals surface area (Å²) in [6.07, 6.45) is 11.9. The summed E-state index contributed by atoms with van der Waals surface area (Å²) in [5.41, 5.74) is 2.24. The number of hydrogen-bond donors (Lipinski definition) is 0. The van der Waals surface area contributed by atoms with Gasteiger partial charge in [-0.05, 0) is 0 Å². The van der Waals surface area contributed by atoms with Gasteiger partial charge in [0.1, 0.15) is 0 Å². The number of unbranched alkanes of at least 4 members (excludes halogenated alkanes) is 3. The standard InChI is InChI=1S/C10H7N2.3C4H9.Sn/c1-3-7-11-9(5-1)10-6-2-4-8-12-10;3*1-3-4-2;/h1-5,7-8H;3*1,3-4H2,2H3;. The fourth-order valence-electron chi connectivity index (χ4n) is 3.86. The SMILES string of the molecule is CCC[CH2][Sn]([CH2]CCC)([CH2]CCC)[c]1cccnc1-c1ccccn1. The van der Waals surface area contributed by atoms with Gasteiger partial charge in [0.05, 0.1) is 0 Å². The molecule has 0 atom stereocenters. The molecule has 3 heteroatoms. The first kappa shape index (κ1) is 20.4. The summed E-state index contributed by atoms with van der Waals surface area (Å²) < 4.78 is 6.04. The summed E-state index contributed by atoms with van der Waals surface area (Å²) in [6, 6.07) is 10.8. The van der Waals surface area contributed by atoms with Gasteiger partial charge in [-0.25, -0.2) is 0 Å². The van der Waals surface area contributed by atoms with Crippen LogP contribution >= 0.6 is 0 Å². The molecular weight excluding hydrogens is 411 g/mol. The van der Waals surface area contributed by atoms with Crippen LogP contribution in [0.1, 0.15) is 59.3 Å². The second kappa shape index (κ2) is 10.9. The van der Waals surface area contributed by atoms with Crippen LogP contribution in [0.25, 0.3) is 11.4 Å². The molecule has 136 valence electrons. The molecule has 2 aromatic heterocycles. The van der Waals surface area contributed by atoms with E-state index in [0.717, 1.165) is 5.69 Å². The van der Waals surface area contributed by atoms with Crippen LogP contribution in [0.2, 0.25) is 13.3 Å². The Morgan fingerprint density at radius 1 is 0.720 bits per heavy atom. The van der Waals surface area contributed by atoms with E-state index in [2.05, 4.69) is 50.0 Å². The quantitative estimate of drug-likeness (QED) is 0.385. The Labute approximate surface area is 158 Å². The molecule has 0 fully saturated rings. The normalized spacial score (nSPS) is 11.6. The zero-order chi connectivity index (χ0) is 18.0. The van der Waals surface area contributed by atoms with Crippen molar-refractivity contribution in [1.29, 1.82) is 0 Å². The zero-order valence-corrected chi connectivity index (χ0v) is 19.2. The van der Waals surface area contributed by atoms with Crippen molar-refractivity contribution in [3.8, 4) is 11.4 Å². The molecule has 25 heavy (non-hydrogen) atoms. The molecule has 2 rings (SSSR count). The molecule has 0 aliphatic heterocycles. The van der Waals surface area contributed by atoms with Crippen molar-refractivity contribution < 1.29 is 0 Å². The van der Waals surface area contributed by atoms with Gasteiger partial charge in [-0.2, -0.15) is 0 Å². The minimum atomic E-state index is -2.49. The van der Waals surface area contributed by atoms with Gasteiger partial charge in [0.2, 0.25) is 0 Å². The van der Waals surface area contributed by atoms with Gasteiger partial charge in [-0.3, -0.25) is 0 Å². The summed E-state index contributed by atoms with van der Waals surface area (Å²) in [6.45, 7) is 7.00. The summed E-state index contributed by atoms with van der Waals surface area (Å²) in [5, 5.41) is 0. The Kier molecular flexibility index (Phi) is 8.94. The first-order chi connectivity index (χ1) is 12.3. The summed E-state index contributed by atoms with van der Waals surface area (Å²) in [4.78, 5) is 9.46. The van der Waals surface area contributed by atoms with E-state index >= 15 is 0 Å². The van der Waals surface area contributed by atoms with Crippen molar-refractivity contribution in [3.05, 3.63) is 42.7 Å². The van der Waals surface area contributed by atoms with Gasteiger partial charge in [0, 0.05) is 0 Å². The molecule has 0 aromatic carbocycles. The molecule has 0 aliphatic carbocycles. The Hall–Kier alpha value is -0.901. The van der Waals surface area contributed by atoms with E-state index in [-0.39, 0.29) is 0 Å². The third-order valence-corrected chi connectivity index (χ3v) is 20.9. The molecule has 0 saturated heterocycles. The Morgan fingerprint density at radius 2 is 1.32 bits per heavy atom. The van der Waals surface area contributed by atoms with Crippen LogP contribution in [0.4, 0.5) is 0 Å². The molecule has 0 bridgehead atoms. The van der Waals surface area contributed by atoms with Crippen molar-refractivity contribution in [1.82, 2.24) is 9.97 Å². The number of pyridine rings is 2. The average molecular weight is 445 g/mol. The number of nitrogens with zero attached hydrogens (tertiary/aromatic N) is 2. The number of aromatic nitrogens is 2. The van der Waals surface area contributed by atoms with Crippen molar-refractivity contribution in [2.24, 2.45) is 0 Å². The first-order valence-corrected chi connectivity index (χ1v) is 17.6. The number of hydrogen-bond acceptors (Lipinski definition) is 2. The molecule has 0 aliphatic rings. The molecule has 0 spiro atoms. The maximum atomic E-state index is 4.83. The Morgan fingerprint density at radius 3 is 1.84 bits per heavy atom. The first-order valence-electron chi connectivity index (χ1n) is 10.1. The zero-order valence-electron chi connectivity index (χ0n) is 16.3. The van der Waals surface area contributed by atoms with Crippen LogP contribution in [-0.2, 0) is 0 Å². The van der Waals surface area contributed by atoms with Crippen LogP contribution in [0, 0.1) is 0 Å². The maximum absolute atomic E-state index is 4.83. The van der Waals surface area contributed by atoms with Crippen molar-refractivity contribution >= 4 is 22.0 Å². The van der Waals surface area contributed by atoms with Gasteiger partial charge in [0.25, 0.3) is 0 Å². The van der Waals surface area contributed by atoms with Gasteiger partial charge in [-0.1, -0.05) is 0 Å². The van der Waals surface area contributed by atoms with Crippen molar-refractivity contribution in [3.63, 3.8) is 0 Å². The van der Waals surface area contributed by atoms with Crippen molar-refractivity contribution in [2.45, 2.75) is 72.6 Å². The van der Waals surface area contributed by atoms with E-state index in [4.69, 9.17) is 4.98 Å². The predicted octanol–water partition coefficient (Wildman–Crippen LogP) is 6.20. The Balaban J connectivity index is 2.51.